The van der Waals surface area contributed by atoms with Crippen molar-refractivity contribution < 1.29 is 13.2 Å². The van der Waals surface area contributed by atoms with Gasteiger partial charge in [0.2, 0.25) is 10.0 Å². The first-order valence-corrected chi connectivity index (χ1v) is 14.8. The monoisotopic (exact) mass is 502 g/mol. The number of piperazine rings is 1. The second kappa shape index (κ2) is 9.80. The lowest BCUT2D eigenvalue weighted by molar-refractivity contribution is 0.0782. The minimum atomic E-state index is -3.09. The van der Waals surface area contributed by atoms with Gasteiger partial charge in [-0.2, -0.15) is 9.40 Å². The second-order valence-corrected chi connectivity index (χ2v) is 12.7. The summed E-state index contributed by atoms with van der Waals surface area (Å²) in [4.78, 5) is 18.3. The highest BCUT2D eigenvalue weighted by Gasteiger charge is 2.41. The molecule has 3 saturated heterocycles. The van der Waals surface area contributed by atoms with E-state index in [0.29, 0.717) is 30.9 Å². The predicted molar refractivity (Wildman–Crippen MR) is 137 cm³/mol. The number of piperidine rings is 1. The molecule has 2 bridgehead atoms. The summed E-state index contributed by atoms with van der Waals surface area (Å²) in [7, 11) is -3.09. The van der Waals surface area contributed by atoms with Crippen molar-refractivity contribution in [1.29, 1.82) is 0 Å². The quantitative estimate of drug-likeness (QED) is 0.622. The lowest BCUT2D eigenvalue weighted by Gasteiger charge is -2.41. The number of benzene rings is 1. The Kier molecular flexibility index (Phi) is 6.91. The Morgan fingerprint density at radius 1 is 1.06 bits per heavy atom. The molecule has 1 aromatic heterocycles. The number of carbonyl (C=O) groups excluding carboxylic acids is 1. The summed E-state index contributed by atoms with van der Waals surface area (Å²) in [6.07, 6.45) is 5.62. The Labute approximate surface area is 208 Å². The van der Waals surface area contributed by atoms with Crippen LogP contribution in [0.2, 0.25) is 0 Å². The first-order chi connectivity index (χ1) is 16.7. The highest BCUT2D eigenvalue weighted by atomic mass is 32.2. The Balaban J connectivity index is 1.16. The maximum Gasteiger partial charge on any atom is 0.272 e. The van der Waals surface area contributed by atoms with Crippen molar-refractivity contribution in [2.45, 2.75) is 63.7 Å². The zero-order valence-corrected chi connectivity index (χ0v) is 21.9. The standard InChI is InChI=1S/C25H38N6O3S/c1-18(2)31-23-7-5-4-6-22(23)24(27-31)25(32)26-19-16-20-8-9-21(17-19)30(20)15-12-28-10-13-29(14-11-28)35(3,33)34/h4-7,18-21H,8-17H2,1-3H3,(H,26,32)/t19-,20-,21+. The molecule has 1 amide bonds. The van der Waals surface area contributed by atoms with Gasteiger partial charge in [0.15, 0.2) is 5.69 Å². The van der Waals surface area contributed by atoms with E-state index in [9.17, 15) is 13.2 Å². The van der Waals surface area contributed by atoms with Gasteiger partial charge in [-0.1, -0.05) is 18.2 Å². The molecule has 0 aliphatic carbocycles. The van der Waals surface area contributed by atoms with Crippen LogP contribution in [0, 0.1) is 0 Å². The zero-order valence-electron chi connectivity index (χ0n) is 21.1. The van der Waals surface area contributed by atoms with Gasteiger partial charge < -0.3 is 5.32 Å². The van der Waals surface area contributed by atoms with E-state index >= 15 is 0 Å². The number of nitrogens with zero attached hydrogens (tertiary/aromatic N) is 5. The molecule has 0 spiro atoms. The number of fused-ring (bicyclic) bond motifs is 3. The van der Waals surface area contributed by atoms with Crippen molar-refractivity contribution in [3.8, 4) is 0 Å². The molecule has 3 atom stereocenters. The summed E-state index contributed by atoms with van der Waals surface area (Å²) >= 11 is 0. The van der Waals surface area contributed by atoms with Gasteiger partial charge in [-0.3, -0.25) is 19.3 Å². The average molecular weight is 503 g/mol. The normalized spacial score (nSPS) is 26.6. The number of aromatic nitrogens is 2. The average Bonchev–Trinajstić information content (AvgIpc) is 3.32. The summed E-state index contributed by atoms with van der Waals surface area (Å²) in [5.41, 5.74) is 1.53. The van der Waals surface area contributed by atoms with Crippen LogP contribution < -0.4 is 5.32 Å². The molecule has 0 saturated carbocycles. The van der Waals surface area contributed by atoms with Gasteiger partial charge in [0.05, 0.1) is 11.8 Å². The SMILES string of the molecule is CC(C)n1nc(C(=O)N[C@@H]2C[C@H]3CC[C@@H](C2)N3CCN2CCN(S(C)(=O)=O)CC2)c2ccccc21. The highest BCUT2D eigenvalue weighted by molar-refractivity contribution is 7.88. The van der Waals surface area contributed by atoms with E-state index in [4.69, 9.17) is 0 Å². The van der Waals surface area contributed by atoms with Gasteiger partial charge in [-0.05, 0) is 45.6 Å². The number of hydrogen-bond donors (Lipinski definition) is 1. The Morgan fingerprint density at radius 2 is 1.71 bits per heavy atom. The van der Waals surface area contributed by atoms with Crippen molar-refractivity contribution in [1.82, 2.24) is 29.2 Å². The molecule has 0 unspecified atom stereocenters. The van der Waals surface area contributed by atoms with Crippen molar-refractivity contribution in [3.63, 3.8) is 0 Å². The van der Waals surface area contributed by atoms with Gasteiger partial charge in [0.1, 0.15) is 0 Å². The molecule has 1 N–H and O–H groups in total. The molecule has 3 aliphatic rings. The Hall–Kier alpha value is -2.01. The number of nitrogens with one attached hydrogen (secondary N) is 1. The maximum atomic E-state index is 13.3. The van der Waals surface area contributed by atoms with Gasteiger partial charge >= 0.3 is 0 Å². The lowest BCUT2D eigenvalue weighted by atomic mass is 9.97. The maximum absolute atomic E-state index is 13.3. The van der Waals surface area contributed by atoms with Crippen LogP contribution in [0.5, 0.6) is 0 Å². The number of sulfonamides is 1. The van der Waals surface area contributed by atoms with Gasteiger partial charge in [-0.15, -0.1) is 0 Å². The predicted octanol–water partition coefficient (Wildman–Crippen LogP) is 1.92. The van der Waals surface area contributed by atoms with Crippen molar-refractivity contribution in [2.24, 2.45) is 0 Å². The third-order valence-corrected chi connectivity index (χ3v) is 9.32. The van der Waals surface area contributed by atoms with E-state index in [1.165, 1.54) is 19.1 Å². The van der Waals surface area contributed by atoms with Crippen LogP contribution in [0.25, 0.3) is 10.9 Å². The van der Waals surface area contributed by atoms with Crippen LogP contribution >= 0.6 is 0 Å². The van der Waals surface area contributed by atoms with E-state index < -0.39 is 10.0 Å². The van der Waals surface area contributed by atoms with Crippen molar-refractivity contribution in [2.75, 3.05) is 45.5 Å². The molecular weight excluding hydrogens is 464 g/mol. The van der Waals surface area contributed by atoms with Crippen LogP contribution in [0.15, 0.2) is 24.3 Å². The van der Waals surface area contributed by atoms with Crippen LogP contribution in [-0.4, -0.2) is 102 Å². The van der Waals surface area contributed by atoms with Gasteiger partial charge in [0, 0.05) is 68.8 Å². The molecule has 9 nitrogen and oxygen atoms in total. The summed E-state index contributed by atoms with van der Waals surface area (Å²) in [6, 6.07) is 9.33. The van der Waals surface area contributed by atoms with Crippen LogP contribution in [0.4, 0.5) is 0 Å². The van der Waals surface area contributed by atoms with Gasteiger partial charge in [0.25, 0.3) is 5.91 Å². The molecular formula is C25H38N6O3S. The van der Waals surface area contributed by atoms with Crippen LogP contribution in [0.3, 0.4) is 0 Å². The third-order valence-electron chi connectivity index (χ3n) is 8.01. The largest absolute Gasteiger partial charge is 0.348 e. The summed E-state index contributed by atoms with van der Waals surface area (Å²) < 4.78 is 27.0. The number of hydrogen-bond acceptors (Lipinski definition) is 6. The number of amides is 1. The third kappa shape index (κ3) is 5.12. The topological polar surface area (TPSA) is 90.8 Å². The molecule has 0 radical (unpaired) electrons. The van der Waals surface area contributed by atoms with E-state index in [1.807, 2.05) is 28.9 Å². The van der Waals surface area contributed by atoms with E-state index in [2.05, 4.69) is 34.1 Å². The van der Waals surface area contributed by atoms with Crippen molar-refractivity contribution >= 4 is 26.8 Å². The van der Waals surface area contributed by atoms with Crippen molar-refractivity contribution in [3.05, 3.63) is 30.0 Å². The minimum Gasteiger partial charge on any atom is -0.348 e. The number of carbonyl (C=O) groups is 1. The fourth-order valence-electron chi connectivity index (χ4n) is 6.20. The molecule has 3 aliphatic heterocycles. The lowest BCUT2D eigenvalue weighted by Crippen LogP contribution is -2.54. The molecule has 1 aromatic carbocycles. The number of para-hydroxylation sites is 1. The Bertz CT molecular complexity index is 1160. The van der Waals surface area contributed by atoms with Crippen LogP contribution in [0.1, 0.15) is 56.1 Å². The summed E-state index contributed by atoms with van der Waals surface area (Å²) in [5, 5.41) is 8.90. The van der Waals surface area contributed by atoms with E-state index in [0.717, 1.165) is 49.9 Å². The first kappa shape index (κ1) is 24.7. The smallest absolute Gasteiger partial charge is 0.272 e. The summed E-state index contributed by atoms with van der Waals surface area (Å²) in [6.45, 7) is 8.92. The van der Waals surface area contributed by atoms with Crippen LogP contribution in [-0.2, 0) is 10.0 Å². The van der Waals surface area contributed by atoms with E-state index in [1.54, 1.807) is 4.31 Å². The summed E-state index contributed by atoms with van der Waals surface area (Å²) in [5.74, 6) is -0.0674. The molecule has 3 fully saturated rings. The second-order valence-electron chi connectivity index (χ2n) is 10.7. The molecule has 4 heterocycles. The molecule has 2 aromatic rings. The fraction of sp³-hybridized carbons (Fsp3) is 0.680. The van der Waals surface area contributed by atoms with E-state index in [-0.39, 0.29) is 18.0 Å². The molecule has 192 valence electrons. The Morgan fingerprint density at radius 3 is 2.34 bits per heavy atom. The zero-order chi connectivity index (χ0) is 24.7. The fourth-order valence-corrected chi connectivity index (χ4v) is 7.03. The highest BCUT2D eigenvalue weighted by Crippen LogP contribution is 2.35. The molecule has 10 heteroatoms. The molecule has 5 rings (SSSR count). The molecule has 35 heavy (non-hydrogen) atoms. The van der Waals surface area contributed by atoms with Gasteiger partial charge in [-0.25, -0.2) is 8.42 Å². The number of rotatable bonds is 7. The minimum absolute atomic E-state index is 0.0674. The first-order valence-electron chi connectivity index (χ1n) is 12.9.